The van der Waals surface area contributed by atoms with E-state index in [4.69, 9.17) is 9.84 Å². The first-order valence-corrected chi connectivity index (χ1v) is 6.13. The highest BCUT2D eigenvalue weighted by Crippen LogP contribution is 2.25. The molecule has 0 heterocycles. The number of hydrogen-bond donors (Lipinski definition) is 1. The van der Waals surface area contributed by atoms with E-state index in [0.29, 0.717) is 12.1 Å². The van der Waals surface area contributed by atoms with Gasteiger partial charge in [-0.15, -0.1) is 0 Å². The van der Waals surface area contributed by atoms with E-state index in [2.05, 4.69) is 0 Å². The monoisotopic (exact) mass is 314 g/mol. The summed E-state index contributed by atoms with van der Waals surface area (Å²) < 4.78 is 57.8. The van der Waals surface area contributed by atoms with Gasteiger partial charge in [-0.05, 0) is 37.3 Å². The van der Waals surface area contributed by atoms with E-state index in [0.717, 1.165) is 18.2 Å². The van der Waals surface area contributed by atoms with Gasteiger partial charge in [-0.2, -0.15) is 0 Å². The molecule has 0 aliphatic carbocycles. The first-order chi connectivity index (χ1) is 10.3. The highest BCUT2D eigenvalue weighted by Gasteiger charge is 2.20. The van der Waals surface area contributed by atoms with Crippen LogP contribution in [0.25, 0.3) is 0 Å². The van der Waals surface area contributed by atoms with Crippen molar-refractivity contribution in [2.45, 2.75) is 13.0 Å². The number of benzene rings is 2. The maximum absolute atomic E-state index is 13.5. The van der Waals surface area contributed by atoms with Gasteiger partial charge in [0, 0.05) is 5.56 Å². The third-order valence-electron chi connectivity index (χ3n) is 2.93. The second-order valence-corrected chi connectivity index (χ2v) is 4.50. The van der Waals surface area contributed by atoms with Crippen LogP contribution in [-0.4, -0.2) is 11.1 Å². The lowest BCUT2D eigenvalue weighted by atomic mass is 10.1. The Morgan fingerprint density at radius 3 is 2.23 bits per heavy atom. The van der Waals surface area contributed by atoms with Gasteiger partial charge >= 0.3 is 5.97 Å². The molecule has 0 unspecified atom stereocenters. The van der Waals surface area contributed by atoms with Crippen LogP contribution >= 0.6 is 0 Å². The Hall–Kier alpha value is -2.57. The van der Waals surface area contributed by atoms with E-state index < -0.39 is 46.7 Å². The van der Waals surface area contributed by atoms with Crippen molar-refractivity contribution in [3.05, 3.63) is 64.7 Å². The van der Waals surface area contributed by atoms with Gasteiger partial charge in [-0.1, -0.05) is 0 Å². The molecule has 116 valence electrons. The smallest absolute Gasteiger partial charge is 0.338 e. The van der Waals surface area contributed by atoms with Gasteiger partial charge in [0.1, 0.15) is 17.7 Å². The Labute approximate surface area is 122 Å². The molecule has 0 bridgehead atoms. The van der Waals surface area contributed by atoms with Crippen molar-refractivity contribution < 1.29 is 32.2 Å². The number of aromatic hydroxyl groups is 1. The summed E-state index contributed by atoms with van der Waals surface area (Å²) in [6.07, 6.45) is -1.18. The first-order valence-electron chi connectivity index (χ1n) is 6.13. The fourth-order valence-electron chi connectivity index (χ4n) is 1.80. The average molecular weight is 314 g/mol. The lowest BCUT2D eigenvalue weighted by Crippen LogP contribution is -2.11. The normalized spacial score (nSPS) is 12.0. The molecule has 0 aliphatic rings. The van der Waals surface area contributed by atoms with Crippen LogP contribution in [0.4, 0.5) is 17.6 Å². The molecule has 7 heteroatoms. The second kappa shape index (κ2) is 6.05. The third-order valence-corrected chi connectivity index (χ3v) is 2.93. The van der Waals surface area contributed by atoms with Crippen molar-refractivity contribution in [1.29, 1.82) is 0 Å². The van der Waals surface area contributed by atoms with Gasteiger partial charge in [0.05, 0.1) is 5.56 Å². The molecule has 1 atom stereocenters. The van der Waals surface area contributed by atoms with Gasteiger partial charge in [-0.3, -0.25) is 0 Å². The first kappa shape index (κ1) is 15.8. The molecule has 3 nitrogen and oxygen atoms in total. The van der Waals surface area contributed by atoms with Crippen LogP contribution in [0.15, 0.2) is 30.3 Å². The predicted molar refractivity (Wildman–Crippen MR) is 68.2 cm³/mol. The molecule has 2 rings (SSSR count). The van der Waals surface area contributed by atoms with Crippen molar-refractivity contribution >= 4 is 5.97 Å². The highest BCUT2D eigenvalue weighted by molar-refractivity contribution is 5.89. The molecular formula is C15H10F4O3. The molecule has 0 radical (unpaired) electrons. The molecule has 0 aromatic heterocycles. The van der Waals surface area contributed by atoms with Crippen LogP contribution in [0.2, 0.25) is 0 Å². The summed E-state index contributed by atoms with van der Waals surface area (Å²) in [4.78, 5) is 11.8. The zero-order valence-corrected chi connectivity index (χ0v) is 11.2. The molecule has 1 N–H and O–H groups in total. The minimum absolute atomic E-state index is 0.215. The Kier molecular flexibility index (Phi) is 4.35. The van der Waals surface area contributed by atoms with E-state index in [1.807, 2.05) is 0 Å². The van der Waals surface area contributed by atoms with Gasteiger partial charge in [-0.25, -0.2) is 22.4 Å². The predicted octanol–water partition coefficient (Wildman–Crippen LogP) is 3.87. The van der Waals surface area contributed by atoms with Crippen molar-refractivity contribution in [3.63, 3.8) is 0 Å². The summed E-state index contributed by atoms with van der Waals surface area (Å²) in [5, 5.41) is 8.95. The fraction of sp³-hybridized carbons (Fsp3) is 0.133. The number of phenolic OH excluding ortho intramolecular Hbond substituents is 1. The Morgan fingerprint density at radius 2 is 1.64 bits per heavy atom. The zero-order valence-electron chi connectivity index (χ0n) is 11.2. The van der Waals surface area contributed by atoms with E-state index in [9.17, 15) is 22.4 Å². The molecule has 0 aliphatic heterocycles. The number of ether oxygens (including phenoxy) is 1. The minimum Gasteiger partial charge on any atom is -0.503 e. The van der Waals surface area contributed by atoms with Crippen molar-refractivity contribution in [3.8, 4) is 5.75 Å². The Bertz CT molecular complexity index is 708. The van der Waals surface area contributed by atoms with Crippen LogP contribution < -0.4 is 0 Å². The second-order valence-electron chi connectivity index (χ2n) is 4.50. The maximum atomic E-state index is 13.5. The van der Waals surface area contributed by atoms with Crippen molar-refractivity contribution in [1.82, 2.24) is 0 Å². The topological polar surface area (TPSA) is 46.5 Å². The van der Waals surface area contributed by atoms with Crippen LogP contribution in [0.1, 0.15) is 28.9 Å². The SMILES string of the molecule is C[C@@H](OC(=O)c1cc(F)c(O)c(F)c1)c1cc(F)ccc1F. The van der Waals surface area contributed by atoms with E-state index in [1.165, 1.54) is 6.92 Å². The van der Waals surface area contributed by atoms with Crippen molar-refractivity contribution in [2.75, 3.05) is 0 Å². The fourth-order valence-corrected chi connectivity index (χ4v) is 1.80. The number of carbonyl (C=O) groups excluding carboxylic acids is 1. The quantitative estimate of drug-likeness (QED) is 0.691. The molecule has 0 saturated carbocycles. The summed E-state index contributed by atoms with van der Waals surface area (Å²) in [7, 11) is 0. The number of phenols is 1. The standard InChI is InChI=1S/C15H10F4O3/c1-7(10-6-9(16)2-3-11(10)17)22-15(21)8-4-12(18)14(20)13(19)5-8/h2-7,20H,1H3/t7-/m1/s1. The maximum Gasteiger partial charge on any atom is 0.338 e. The van der Waals surface area contributed by atoms with E-state index >= 15 is 0 Å². The highest BCUT2D eigenvalue weighted by atomic mass is 19.1. The molecule has 0 spiro atoms. The summed E-state index contributed by atoms with van der Waals surface area (Å²) >= 11 is 0. The van der Waals surface area contributed by atoms with Crippen LogP contribution in [-0.2, 0) is 4.74 Å². The number of hydrogen-bond acceptors (Lipinski definition) is 3. The van der Waals surface area contributed by atoms with Gasteiger partial charge < -0.3 is 9.84 Å². The van der Waals surface area contributed by atoms with Gasteiger partial charge in [0.2, 0.25) is 0 Å². The van der Waals surface area contributed by atoms with Crippen LogP contribution in [0, 0.1) is 23.3 Å². The molecule has 2 aromatic rings. The molecule has 22 heavy (non-hydrogen) atoms. The summed E-state index contributed by atoms with van der Waals surface area (Å²) in [6, 6.07) is 3.78. The number of halogens is 4. The lowest BCUT2D eigenvalue weighted by molar-refractivity contribution is 0.0329. The Balaban J connectivity index is 2.23. The number of rotatable bonds is 3. The van der Waals surface area contributed by atoms with Gasteiger partial charge in [0.25, 0.3) is 0 Å². The molecule has 0 amide bonds. The molecule has 0 saturated heterocycles. The van der Waals surface area contributed by atoms with E-state index in [1.54, 1.807) is 0 Å². The molecule has 0 fully saturated rings. The zero-order chi connectivity index (χ0) is 16.4. The Morgan fingerprint density at radius 1 is 1.05 bits per heavy atom. The van der Waals surface area contributed by atoms with Crippen molar-refractivity contribution in [2.24, 2.45) is 0 Å². The minimum atomic E-state index is -1.34. The summed E-state index contributed by atoms with van der Waals surface area (Å²) in [5.41, 5.74) is -0.718. The number of esters is 1. The van der Waals surface area contributed by atoms with E-state index in [-0.39, 0.29) is 5.56 Å². The molecular weight excluding hydrogens is 304 g/mol. The van der Waals surface area contributed by atoms with Gasteiger partial charge in [0.15, 0.2) is 17.4 Å². The summed E-state index contributed by atoms with van der Waals surface area (Å²) in [5.74, 6) is -6.55. The van der Waals surface area contributed by atoms with Crippen LogP contribution in [0.3, 0.4) is 0 Å². The lowest BCUT2D eigenvalue weighted by Gasteiger charge is -2.14. The van der Waals surface area contributed by atoms with Crippen LogP contribution in [0.5, 0.6) is 5.75 Å². The average Bonchev–Trinajstić information content (AvgIpc) is 2.46. The molecule has 2 aromatic carbocycles. The number of carbonyl (C=O) groups is 1. The summed E-state index contributed by atoms with van der Waals surface area (Å²) in [6.45, 7) is 1.28. The largest absolute Gasteiger partial charge is 0.503 e. The third kappa shape index (κ3) is 3.19.